The first-order valence-electron chi connectivity index (χ1n) is 9.01. The summed E-state index contributed by atoms with van der Waals surface area (Å²) in [6.07, 6.45) is 4.36. The van der Waals surface area contributed by atoms with Crippen molar-refractivity contribution in [1.82, 2.24) is 10.2 Å². The van der Waals surface area contributed by atoms with Crippen molar-refractivity contribution in [3.8, 4) is 0 Å². The maximum Gasteiger partial charge on any atom is 0.311 e. The normalized spacial score (nSPS) is 20.4. The van der Waals surface area contributed by atoms with Gasteiger partial charge in [0.15, 0.2) is 6.61 Å². The molecule has 6 nitrogen and oxygen atoms in total. The fraction of sp³-hybridized carbons (Fsp3) is 0.526. The summed E-state index contributed by atoms with van der Waals surface area (Å²) in [6.45, 7) is -0.0268. The van der Waals surface area contributed by atoms with Crippen LogP contribution in [0, 0.1) is 11.7 Å². The van der Waals surface area contributed by atoms with Gasteiger partial charge in [-0.2, -0.15) is 0 Å². The third-order valence-corrected chi connectivity index (χ3v) is 5.04. The molecule has 0 bridgehead atoms. The van der Waals surface area contributed by atoms with Gasteiger partial charge in [-0.3, -0.25) is 14.4 Å². The number of ether oxygens (including phenoxy) is 1. The number of benzene rings is 1. The van der Waals surface area contributed by atoms with E-state index in [1.54, 1.807) is 23.1 Å². The lowest BCUT2D eigenvalue weighted by atomic mass is 10.1. The molecule has 1 aromatic rings. The van der Waals surface area contributed by atoms with Crippen molar-refractivity contribution >= 4 is 17.8 Å². The molecule has 1 aliphatic heterocycles. The van der Waals surface area contributed by atoms with Crippen LogP contribution in [-0.4, -0.2) is 41.9 Å². The number of carbonyl (C=O) groups is 3. The zero-order chi connectivity index (χ0) is 18.5. The molecule has 140 valence electrons. The standard InChI is InChI=1S/C19H23FN2O4/c20-16-8-4-1-5-13(16)10-21-17(23)12-26-19(25)14-9-18(24)22(11-14)15-6-2-3-7-15/h1,4-5,8,14-15H,2-3,6-7,9-12H2,(H,21,23)/t14-/m0/s1. The second kappa shape index (κ2) is 8.29. The smallest absolute Gasteiger partial charge is 0.311 e. The van der Waals surface area contributed by atoms with Gasteiger partial charge in [0.05, 0.1) is 5.92 Å². The Morgan fingerprint density at radius 1 is 1.23 bits per heavy atom. The SMILES string of the molecule is O=C(COC(=O)[C@H]1CC(=O)N(C2CCCC2)C1)NCc1ccccc1F. The monoisotopic (exact) mass is 362 g/mol. The van der Waals surface area contributed by atoms with Crippen LogP contribution in [0.3, 0.4) is 0 Å². The summed E-state index contributed by atoms with van der Waals surface area (Å²) in [5.74, 6) is -1.95. The van der Waals surface area contributed by atoms with E-state index in [4.69, 9.17) is 4.74 Å². The summed E-state index contributed by atoms with van der Waals surface area (Å²) in [4.78, 5) is 37.8. The van der Waals surface area contributed by atoms with Gasteiger partial charge in [-0.15, -0.1) is 0 Å². The Hall–Kier alpha value is -2.44. The fourth-order valence-corrected chi connectivity index (χ4v) is 3.60. The first-order valence-corrected chi connectivity index (χ1v) is 9.01. The van der Waals surface area contributed by atoms with Crippen LogP contribution in [0.2, 0.25) is 0 Å². The van der Waals surface area contributed by atoms with Gasteiger partial charge in [0.2, 0.25) is 5.91 Å². The molecule has 1 atom stereocenters. The number of nitrogens with zero attached hydrogens (tertiary/aromatic N) is 1. The van der Waals surface area contributed by atoms with Crippen LogP contribution < -0.4 is 5.32 Å². The van der Waals surface area contributed by atoms with Crippen LogP contribution in [0.4, 0.5) is 4.39 Å². The molecule has 0 spiro atoms. The van der Waals surface area contributed by atoms with Gasteiger partial charge >= 0.3 is 5.97 Å². The Labute approximate surface area is 151 Å². The molecule has 2 amide bonds. The highest BCUT2D eigenvalue weighted by molar-refractivity contribution is 5.88. The molecule has 2 aliphatic rings. The predicted octanol–water partition coefficient (Wildman–Crippen LogP) is 1.78. The Morgan fingerprint density at radius 2 is 1.96 bits per heavy atom. The van der Waals surface area contributed by atoms with E-state index in [9.17, 15) is 18.8 Å². The maximum absolute atomic E-state index is 13.5. The van der Waals surface area contributed by atoms with E-state index in [2.05, 4.69) is 5.32 Å². The summed E-state index contributed by atoms with van der Waals surface area (Å²) < 4.78 is 18.5. The second-order valence-corrected chi connectivity index (χ2v) is 6.86. The lowest BCUT2D eigenvalue weighted by Gasteiger charge is -2.23. The number of esters is 1. The van der Waals surface area contributed by atoms with Gasteiger partial charge in [0.1, 0.15) is 5.82 Å². The molecule has 1 saturated heterocycles. The van der Waals surface area contributed by atoms with Crippen molar-refractivity contribution in [1.29, 1.82) is 0 Å². The first-order chi connectivity index (χ1) is 12.5. The number of hydrogen-bond donors (Lipinski definition) is 1. The van der Waals surface area contributed by atoms with Gasteiger partial charge in [-0.25, -0.2) is 4.39 Å². The summed E-state index contributed by atoms with van der Waals surface area (Å²) >= 11 is 0. The number of hydrogen-bond acceptors (Lipinski definition) is 4. The summed E-state index contributed by atoms with van der Waals surface area (Å²) in [7, 11) is 0. The lowest BCUT2D eigenvalue weighted by Crippen LogP contribution is -2.35. The molecule has 1 N–H and O–H groups in total. The number of likely N-dealkylation sites (tertiary alicyclic amines) is 1. The Kier molecular flexibility index (Phi) is 5.85. The van der Waals surface area contributed by atoms with Crippen molar-refractivity contribution in [2.45, 2.75) is 44.7 Å². The average Bonchev–Trinajstić information content (AvgIpc) is 3.28. The molecule has 1 aromatic carbocycles. The van der Waals surface area contributed by atoms with Gasteiger partial charge < -0.3 is 15.0 Å². The highest BCUT2D eigenvalue weighted by Gasteiger charge is 2.39. The number of amides is 2. The molecule has 2 fully saturated rings. The minimum atomic E-state index is -0.528. The van der Waals surface area contributed by atoms with Crippen LogP contribution in [-0.2, 0) is 25.7 Å². The fourth-order valence-electron chi connectivity index (χ4n) is 3.60. The molecule has 1 saturated carbocycles. The summed E-state index contributed by atoms with van der Waals surface area (Å²) in [5.41, 5.74) is 0.362. The predicted molar refractivity (Wildman–Crippen MR) is 91.3 cm³/mol. The minimum Gasteiger partial charge on any atom is -0.455 e. The van der Waals surface area contributed by atoms with Crippen LogP contribution in [0.1, 0.15) is 37.7 Å². The topological polar surface area (TPSA) is 75.7 Å². The molecule has 0 radical (unpaired) electrons. The molecule has 1 aliphatic carbocycles. The third-order valence-electron chi connectivity index (χ3n) is 5.04. The van der Waals surface area contributed by atoms with Crippen LogP contribution >= 0.6 is 0 Å². The van der Waals surface area contributed by atoms with E-state index >= 15 is 0 Å². The van der Waals surface area contributed by atoms with Gasteiger partial charge in [0, 0.05) is 31.1 Å². The number of carbonyl (C=O) groups excluding carboxylic acids is 3. The van der Waals surface area contributed by atoms with Crippen molar-refractivity contribution in [3.63, 3.8) is 0 Å². The van der Waals surface area contributed by atoms with Crippen LogP contribution in [0.15, 0.2) is 24.3 Å². The van der Waals surface area contributed by atoms with Crippen LogP contribution in [0.5, 0.6) is 0 Å². The van der Waals surface area contributed by atoms with E-state index in [-0.39, 0.29) is 24.9 Å². The Morgan fingerprint density at radius 3 is 2.69 bits per heavy atom. The molecular formula is C19H23FN2O4. The highest BCUT2D eigenvalue weighted by Crippen LogP contribution is 2.29. The zero-order valence-corrected chi connectivity index (χ0v) is 14.6. The number of rotatable bonds is 6. The molecule has 3 rings (SSSR count). The molecule has 0 aromatic heterocycles. The first kappa shape index (κ1) is 18.4. The second-order valence-electron chi connectivity index (χ2n) is 6.86. The number of halogens is 1. The lowest BCUT2D eigenvalue weighted by molar-refractivity contribution is -0.152. The Bertz CT molecular complexity index is 688. The molecule has 7 heteroatoms. The van der Waals surface area contributed by atoms with E-state index in [1.807, 2.05) is 0 Å². The average molecular weight is 362 g/mol. The third kappa shape index (κ3) is 4.39. The molecular weight excluding hydrogens is 339 g/mol. The van der Waals surface area contributed by atoms with Crippen molar-refractivity contribution < 1.29 is 23.5 Å². The van der Waals surface area contributed by atoms with Crippen molar-refractivity contribution in [2.24, 2.45) is 5.92 Å². The van der Waals surface area contributed by atoms with Crippen molar-refractivity contribution in [2.75, 3.05) is 13.2 Å². The van der Waals surface area contributed by atoms with E-state index in [0.717, 1.165) is 25.7 Å². The molecule has 1 heterocycles. The van der Waals surface area contributed by atoms with E-state index in [0.29, 0.717) is 12.1 Å². The van der Waals surface area contributed by atoms with Gasteiger partial charge in [0.25, 0.3) is 5.91 Å². The summed E-state index contributed by atoms with van der Waals surface area (Å²) in [5, 5.41) is 2.51. The van der Waals surface area contributed by atoms with Crippen LogP contribution in [0.25, 0.3) is 0 Å². The van der Waals surface area contributed by atoms with E-state index < -0.39 is 30.2 Å². The van der Waals surface area contributed by atoms with Gasteiger partial charge in [-0.05, 0) is 18.9 Å². The molecule has 0 unspecified atom stereocenters. The highest BCUT2D eigenvalue weighted by atomic mass is 19.1. The minimum absolute atomic E-state index is 0.0112. The Balaban J connectivity index is 1.41. The van der Waals surface area contributed by atoms with E-state index in [1.165, 1.54) is 6.07 Å². The quantitative estimate of drug-likeness (QED) is 0.783. The van der Waals surface area contributed by atoms with Gasteiger partial charge in [-0.1, -0.05) is 31.0 Å². The largest absolute Gasteiger partial charge is 0.455 e. The summed E-state index contributed by atoms with van der Waals surface area (Å²) in [6, 6.07) is 6.38. The van der Waals surface area contributed by atoms with Crippen molar-refractivity contribution in [3.05, 3.63) is 35.6 Å². The maximum atomic E-state index is 13.5. The number of nitrogens with one attached hydrogen (secondary N) is 1. The molecule has 26 heavy (non-hydrogen) atoms. The zero-order valence-electron chi connectivity index (χ0n) is 14.6.